The molecule has 0 saturated carbocycles. The molecule has 3 aromatic rings. The van der Waals surface area contributed by atoms with E-state index in [4.69, 9.17) is 15.1 Å². The van der Waals surface area contributed by atoms with E-state index in [1.165, 1.54) is 12.8 Å². The summed E-state index contributed by atoms with van der Waals surface area (Å²) in [5, 5.41) is 9.09. The Morgan fingerprint density at radius 3 is 2.25 bits per heavy atom. The summed E-state index contributed by atoms with van der Waals surface area (Å²) in [6.45, 7) is 1.30. The standard InChI is InChI=1S/C24H27N3O/c28-17-8-7-14-21-15-9-16-27(21)22-18-25-23(19-10-3-1-4-11-19)24(26-22)20-12-5-2-6-13-20/h1-6,10-13,18,21,28H,7-9,14-17H2. The van der Waals surface area contributed by atoms with Crippen molar-refractivity contribution in [3.63, 3.8) is 0 Å². The highest BCUT2D eigenvalue weighted by Crippen LogP contribution is 2.33. The van der Waals surface area contributed by atoms with Gasteiger partial charge < -0.3 is 10.0 Å². The molecule has 4 nitrogen and oxygen atoms in total. The Bertz CT molecular complexity index is 883. The topological polar surface area (TPSA) is 49.2 Å². The van der Waals surface area contributed by atoms with Crippen molar-refractivity contribution in [3.8, 4) is 22.5 Å². The molecule has 0 amide bonds. The molecule has 4 heteroatoms. The molecule has 1 atom stereocenters. The second-order valence-corrected chi connectivity index (χ2v) is 7.37. The van der Waals surface area contributed by atoms with Gasteiger partial charge in [0.1, 0.15) is 5.82 Å². The molecule has 1 unspecified atom stereocenters. The van der Waals surface area contributed by atoms with E-state index in [0.717, 1.165) is 54.1 Å². The van der Waals surface area contributed by atoms with Gasteiger partial charge in [0.2, 0.25) is 0 Å². The Balaban J connectivity index is 1.70. The van der Waals surface area contributed by atoms with Crippen molar-refractivity contribution in [2.24, 2.45) is 0 Å². The Hall–Kier alpha value is -2.72. The van der Waals surface area contributed by atoms with Gasteiger partial charge in [-0.05, 0) is 32.1 Å². The maximum absolute atomic E-state index is 9.09. The average Bonchev–Trinajstić information content (AvgIpc) is 3.23. The van der Waals surface area contributed by atoms with Gasteiger partial charge in [-0.15, -0.1) is 0 Å². The molecule has 1 saturated heterocycles. The minimum absolute atomic E-state index is 0.274. The van der Waals surface area contributed by atoms with Crippen molar-refractivity contribution in [1.82, 2.24) is 9.97 Å². The lowest BCUT2D eigenvalue weighted by Crippen LogP contribution is -2.30. The summed E-state index contributed by atoms with van der Waals surface area (Å²) in [4.78, 5) is 12.4. The van der Waals surface area contributed by atoms with Crippen LogP contribution in [0, 0.1) is 0 Å². The second kappa shape index (κ2) is 8.98. The van der Waals surface area contributed by atoms with E-state index in [2.05, 4.69) is 29.2 Å². The maximum atomic E-state index is 9.09. The molecule has 28 heavy (non-hydrogen) atoms. The number of aromatic nitrogens is 2. The molecule has 4 rings (SSSR count). The fourth-order valence-electron chi connectivity index (χ4n) is 4.05. The van der Waals surface area contributed by atoms with Crippen molar-refractivity contribution >= 4 is 5.82 Å². The first-order valence-electron chi connectivity index (χ1n) is 10.2. The van der Waals surface area contributed by atoms with Crippen LogP contribution in [0.25, 0.3) is 22.5 Å². The molecule has 1 aromatic heterocycles. The Kier molecular flexibility index (Phi) is 5.98. The van der Waals surface area contributed by atoms with Gasteiger partial charge in [0.05, 0.1) is 17.6 Å². The molecular weight excluding hydrogens is 346 g/mol. The zero-order valence-electron chi connectivity index (χ0n) is 16.2. The van der Waals surface area contributed by atoms with Crippen molar-refractivity contribution in [2.75, 3.05) is 18.1 Å². The number of hydrogen-bond acceptors (Lipinski definition) is 4. The van der Waals surface area contributed by atoms with Gasteiger partial charge in [-0.1, -0.05) is 60.7 Å². The van der Waals surface area contributed by atoms with Crippen LogP contribution in [0.5, 0.6) is 0 Å². The quantitative estimate of drug-likeness (QED) is 0.596. The van der Waals surface area contributed by atoms with Crippen LogP contribution in [0.4, 0.5) is 5.82 Å². The van der Waals surface area contributed by atoms with Gasteiger partial charge >= 0.3 is 0 Å². The molecule has 1 fully saturated rings. The largest absolute Gasteiger partial charge is 0.396 e. The monoisotopic (exact) mass is 373 g/mol. The lowest BCUT2D eigenvalue weighted by Gasteiger charge is -2.26. The van der Waals surface area contributed by atoms with Crippen LogP contribution in [0.2, 0.25) is 0 Å². The molecule has 1 aliphatic heterocycles. The molecule has 0 spiro atoms. The van der Waals surface area contributed by atoms with E-state index >= 15 is 0 Å². The lowest BCUT2D eigenvalue weighted by molar-refractivity contribution is 0.281. The number of benzene rings is 2. The molecule has 0 bridgehead atoms. The summed E-state index contributed by atoms with van der Waals surface area (Å²) >= 11 is 0. The zero-order chi connectivity index (χ0) is 19.2. The van der Waals surface area contributed by atoms with Crippen molar-refractivity contribution in [1.29, 1.82) is 0 Å². The molecular formula is C24H27N3O. The first-order chi connectivity index (χ1) is 13.9. The third-order valence-electron chi connectivity index (χ3n) is 5.47. The van der Waals surface area contributed by atoms with Gasteiger partial charge in [-0.2, -0.15) is 0 Å². The van der Waals surface area contributed by atoms with Crippen LogP contribution < -0.4 is 4.90 Å². The minimum Gasteiger partial charge on any atom is -0.396 e. The Morgan fingerprint density at radius 1 is 0.893 bits per heavy atom. The first-order valence-corrected chi connectivity index (χ1v) is 10.2. The Labute approximate surface area is 166 Å². The third kappa shape index (κ3) is 4.07. The number of unbranched alkanes of at least 4 members (excludes halogenated alkanes) is 1. The Morgan fingerprint density at radius 2 is 1.57 bits per heavy atom. The first kappa shape index (κ1) is 18.6. The third-order valence-corrected chi connectivity index (χ3v) is 5.47. The van der Waals surface area contributed by atoms with Gasteiger partial charge in [-0.25, -0.2) is 4.98 Å². The number of hydrogen-bond donors (Lipinski definition) is 1. The number of aliphatic hydroxyl groups is 1. The highest BCUT2D eigenvalue weighted by molar-refractivity contribution is 5.78. The SMILES string of the molecule is OCCCCC1CCCN1c1cnc(-c2ccccc2)c(-c2ccccc2)n1. The van der Waals surface area contributed by atoms with Gasteiger partial charge in [0, 0.05) is 30.3 Å². The van der Waals surface area contributed by atoms with Crippen LogP contribution in [-0.2, 0) is 0 Å². The molecule has 1 N–H and O–H groups in total. The highest BCUT2D eigenvalue weighted by atomic mass is 16.2. The highest BCUT2D eigenvalue weighted by Gasteiger charge is 2.26. The van der Waals surface area contributed by atoms with Crippen molar-refractivity contribution in [3.05, 3.63) is 66.9 Å². The summed E-state index contributed by atoms with van der Waals surface area (Å²) in [7, 11) is 0. The average molecular weight is 374 g/mol. The van der Waals surface area contributed by atoms with Gasteiger partial charge in [0.25, 0.3) is 0 Å². The second-order valence-electron chi connectivity index (χ2n) is 7.37. The van der Waals surface area contributed by atoms with Crippen LogP contribution in [0.3, 0.4) is 0 Å². The number of aliphatic hydroxyl groups excluding tert-OH is 1. The van der Waals surface area contributed by atoms with Crippen molar-refractivity contribution < 1.29 is 5.11 Å². The molecule has 2 heterocycles. The van der Waals surface area contributed by atoms with E-state index in [-0.39, 0.29) is 6.61 Å². The number of anilines is 1. The molecule has 1 aliphatic rings. The fraction of sp³-hybridized carbons (Fsp3) is 0.333. The van der Waals surface area contributed by atoms with Crippen molar-refractivity contribution in [2.45, 2.75) is 38.1 Å². The lowest BCUT2D eigenvalue weighted by atomic mass is 10.0. The predicted octanol–water partition coefficient (Wildman–Crippen LogP) is 4.94. The normalized spacial score (nSPS) is 16.5. The summed E-state index contributed by atoms with van der Waals surface area (Å²) < 4.78 is 0. The van der Waals surface area contributed by atoms with Crippen LogP contribution in [-0.4, -0.2) is 34.3 Å². The van der Waals surface area contributed by atoms with E-state index < -0.39 is 0 Å². The summed E-state index contributed by atoms with van der Waals surface area (Å²) in [6, 6.07) is 21.1. The van der Waals surface area contributed by atoms with E-state index in [1.807, 2.05) is 42.6 Å². The van der Waals surface area contributed by atoms with E-state index in [0.29, 0.717) is 6.04 Å². The summed E-state index contributed by atoms with van der Waals surface area (Å²) in [5.41, 5.74) is 4.03. The number of rotatable bonds is 7. The van der Waals surface area contributed by atoms with Gasteiger partial charge in [0.15, 0.2) is 0 Å². The summed E-state index contributed by atoms with van der Waals surface area (Å²) in [5.74, 6) is 0.963. The molecule has 144 valence electrons. The van der Waals surface area contributed by atoms with E-state index in [9.17, 15) is 0 Å². The zero-order valence-corrected chi connectivity index (χ0v) is 16.2. The van der Waals surface area contributed by atoms with Crippen LogP contribution in [0.1, 0.15) is 32.1 Å². The molecule has 0 radical (unpaired) electrons. The summed E-state index contributed by atoms with van der Waals surface area (Å²) in [6.07, 6.45) is 7.33. The molecule has 0 aliphatic carbocycles. The smallest absolute Gasteiger partial charge is 0.148 e. The van der Waals surface area contributed by atoms with Crippen LogP contribution >= 0.6 is 0 Å². The minimum atomic E-state index is 0.274. The van der Waals surface area contributed by atoms with Crippen LogP contribution in [0.15, 0.2) is 66.9 Å². The molecule has 2 aromatic carbocycles. The van der Waals surface area contributed by atoms with E-state index in [1.54, 1.807) is 0 Å². The fourth-order valence-corrected chi connectivity index (χ4v) is 4.05. The van der Waals surface area contributed by atoms with Gasteiger partial charge in [-0.3, -0.25) is 4.98 Å². The maximum Gasteiger partial charge on any atom is 0.148 e. The number of nitrogens with zero attached hydrogens (tertiary/aromatic N) is 3. The predicted molar refractivity (Wildman–Crippen MR) is 114 cm³/mol.